The Hall–Kier alpha value is -0.720. The Balaban J connectivity index is 2.80. The molecule has 0 fully saturated rings. The average Bonchev–Trinajstić information content (AvgIpc) is 2.02. The van der Waals surface area contributed by atoms with Gasteiger partial charge in [0.1, 0.15) is 0 Å². The first-order valence-electron chi connectivity index (χ1n) is 3.89. The van der Waals surface area contributed by atoms with Crippen LogP contribution in [0.3, 0.4) is 0 Å². The van der Waals surface area contributed by atoms with E-state index in [1.165, 1.54) is 0 Å². The summed E-state index contributed by atoms with van der Waals surface area (Å²) < 4.78 is 29.8. The molecule has 0 radical (unpaired) electrons. The van der Waals surface area contributed by atoms with Crippen LogP contribution in [0, 0.1) is 0 Å². The van der Waals surface area contributed by atoms with Crippen molar-refractivity contribution in [3.8, 4) is 0 Å². The molecule has 78 valence electrons. The first-order valence-corrected chi connectivity index (χ1v) is 6.73. The predicted octanol–water partition coefficient (Wildman–Crippen LogP) is 1.87. The lowest BCUT2D eigenvalue weighted by Gasteiger charge is -2.08. The van der Waals surface area contributed by atoms with Gasteiger partial charge in [-0.05, 0) is 24.6 Å². The second-order valence-corrected chi connectivity index (χ2v) is 6.43. The zero-order valence-corrected chi connectivity index (χ0v) is 9.18. The van der Waals surface area contributed by atoms with Gasteiger partial charge in [0.2, 0.25) is 0 Å². The molecule has 0 heterocycles. The van der Waals surface area contributed by atoms with E-state index in [-0.39, 0.29) is 5.25 Å². The number of anilines is 1. The van der Waals surface area contributed by atoms with Gasteiger partial charge < -0.3 is 5.73 Å². The highest BCUT2D eigenvalue weighted by Gasteiger charge is 2.14. The zero-order chi connectivity index (χ0) is 10.8. The van der Waals surface area contributed by atoms with Gasteiger partial charge in [0.25, 0.3) is 0 Å². The van der Waals surface area contributed by atoms with Crippen molar-refractivity contribution in [2.24, 2.45) is 0 Å². The fourth-order valence-corrected chi connectivity index (χ4v) is 3.07. The van der Waals surface area contributed by atoms with E-state index >= 15 is 0 Å². The maximum atomic E-state index is 10.6. The maximum absolute atomic E-state index is 10.6. The zero-order valence-electron chi connectivity index (χ0n) is 7.54. The van der Waals surface area contributed by atoms with E-state index in [1.807, 2.05) is 0 Å². The number of rotatable bonds is 3. The second-order valence-electron chi connectivity index (χ2n) is 2.83. The van der Waals surface area contributed by atoms with Gasteiger partial charge in [0, 0.05) is 21.7 Å². The third kappa shape index (κ3) is 3.57. The molecule has 1 aromatic rings. The normalized spacial score (nSPS) is 13.9. The molecule has 0 spiro atoms. The summed E-state index contributed by atoms with van der Waals surface area (Å²) in [5, 5.41) is -0.314. The molecule has 0 saturated carbocycles. The molecule has 0 aliphatic rings. The summed E-state index contributed by atoms with van der Waals surface area (Å²) in [6.45, 7) is 1.70. The fraction of sp³-hybridized carbons (Fsp3) is 0.250. The summed E-state index contributed by atoms with van der Waals surface area (Å²) >= 11 is 0. The topological polar surface area (TPSA) is 80.4 Å². The summed E-state index contributed by atoms with van der Waals surface area (Å²) in [5.41, 5.74) is 6.91. The van der Waals surface area contributed by atoms with Crippen molar-refractivity contribution in [3.05, 3.63) is 29.8 Å². The second kappa shape index (κ2) is 4.20. The molecule has 4 nitrogen and oxygen atoms in total. The van der Waals surface area contributed by atoms with Crippen LogP contribution in [0.2, 0.25) is 0 Å². The molecule has 0 aliphatic heterocycles. The third-order valence-electron chi connectivity index (χ3n) is 1.67. The third-order valence-corrected chi connectivity index (χ3v) is 4.07. The lowest BCUT2D eigenvalue weighted by Crippen LogP contribution is -1.96. The van der Waals surface area contributed by atoms with Crippen LogP contribution in [0.15, 0.2) is 24.3 Å². The summed E-state index contributed by atoms with van der Waals surface area (Å²) in [6, 6.07) is 6.85. The Kier molecular flexibility index (Phi) is 3.41. The number of nitrogens with two attached hydrogens (primary N) is 1. The minimum absolute atomic E-state index is 0.314. The SMILES string of the molecule is CC(SS(=O)(=O)O)c1ccc(N)cc1. The molecule has 3 N–H and O–H groups in total. The summed E-state index contributed by atoms with van der Waals surface area (Å²) in [5.74, 6) is 0. The minimum Gasteiger partial charge on any atom is -0.399 e. The van der Waals surface area contributed by atoms with Crippen molar-refractivity contribution in [2.75, 3.05) is 5.73 Å². The van der Waals surface area contributed by atoms with Crippen LogP contribution in [0.1, 0.15) is 17.7 Å². The fourth-order valence-electron chi connectivity index (χ4n) is 1.00. The quantitative estimate of drug-likeness (QED) is 0.473. The molecule has 1 aromatic carbocycles. The van der Waals surface area contributed by atoms with E-state index in [4.69, 9.17) is 10.3 Å². The molecule has 6 heteroatoms. The van der Waals surface area contributed by atoms with Gasteiger partial charge in [-0.3, -0.25) is 4.55 Å². The van der Waals surface area contributed by atoms with Crippen molar-refractivity contribution in [2.45, 2.75) is 12.2 Å². The van der Waals surface area contributed by atoms with Crippen molar-refractivity contribution in [3.63, 3.8) is 0 Å². The average molecular weight is 233 g/mol. The molecular weight excluding hydrogens is 222 g/mol. The molecule has 0 aliphatic carbocycles. The first kappa shape index (κ1) is 11.4. The minimum atomic E-state index is -4.00. The van der Waals surface area contributed by atoms with Gasteiger partial charge in [-0.1, -0.05) is 12.1 Å². The van der Waals surface area contributed by atoms with Crippen LogP contribution in [0.25, 0.3) is 0 Å². The van der Waals surface area contributed by atoms with E-state index in [1.54, 1.807) is 31.2 Å². The van der Waals surface area contributed by atoms with E-state index in [0.29, 0.717) is 16.5 Å². The van der Waals surface area contributed by atoms with Crippen molar-refractivity contribution in [1.29, 1.82) is 0 Å². The molecular formula is C8H11NO3S2. The largest absolute Gasteiger partial charge is 0.399 e. The van der Waals surface area contributed by atoms with Crippen LogP contribution in [0.4, 0.5) is 5.69 Å². The summed E-state index contributed by atoms with van der Waals surface area (Å²) in [4.78, 5) is 0. The highest BCUT2D eigenvalue weighted by atomic mass is 33.1. The van der Waals surface area contributed by atoms with E-state index < -0.39 is 9.15 Å². The Morgan fingerprint density at radius 2 is 1.86 bits per heavy atom. The lowest BCUT2D eigenvalue weighted by atomic mass is 10.1. The van der Waals surface area contributed by atoms with Crippen molar-refractivity contribution >= 4 is 25.6 Å². The van der Waals surface area contributed by atoms with Crippen LogP contribution >= 0.6 is 10.8 Å². The van der Waals surface area contributed by atoms with E-state index in [9.17, 15) is 8.42 Å². The van der Waals surface area contributed by atoms with Gasteiger partial charge in [-0.2, -0.15) is 8.42 Å². The molecule has 0 amide bonds. The highest BCUT2D eigenvalue weighted by molar-refractivity contribution is 8.70. The number of nitrogen functional groups attached to an aromatic ring is 1. The molecule has 1 atom stereocenters. The molecule has 1 rings (SSSR count). The van der Waals surface area contributed by atoms with Crippen LogP contribution < -0.4 is 5.73 Å². The Labute approximate surface area is 86.7 Å². The van der Waals surface area contributed by atoms with Crippen molar-refractivity contribution < 1.29 is 13.0 Å². The predicted molar refractivity (Wildman–Crippen MR) is 58.4 cm³/mol. The van der Waals surface area contributed by atoms with Gasteiger partial charge in [0.15, 0.2) is 0 Å². The van der Waals surface area contributed by atoms with E-state index in [0.717, 1.165) is 5.56 Å². The van der Waals surface area contributed by atoms with Gasteiger partial charge in [-0.25, -0.2) is 0 Å². The van der Waals surface area contributed by atoms with Gasteiger partial charge in [0.05, 0.1) is 0 Å². The van der Waals surface area contributed by atoms with Crippen molar-refractivity contribution in [1.82, 2.24) is 0 Å². The number of hydrogen-bond acceptors (Lipinski definition) is 4. The summed E-state index contributed by atoms with van der Waals surface area (Å²) in [6.07, 6.45) is 0. The monoisotopic (exact) mass is 233 g/mol. The maximum Gasteiger partial charge on any atom is 0.320 e. The molecule has 0 aromatic heterocycles. The van der Waals surface area contributed by atoms with Crippen LogP contribution in [-0.2, 0) is 9.15 Å². The molecule has 0 bridgehead atoms. The Morgan fingerprint density at radius 3 is 2.29 bits per heavy atom. The van der Waals surface area contributed by atoms with Gasteiger partial charge >= 0.3 is 9.15 Å². The Morgan fingerprint density at radius 1 is 1.36 bits per heavy atom. The standard InChI is InChI=1S/C8H11NO3S2/c1-6(13-14(10,11)12)7-2-4-8(9)5-3-7/h2-6H,9H2,1H3,(H,10,11,12). The van der Waals surface area contributed by atoms with Crippen LogP contribution in [-0.4, -0.2) is 13.0 Å². The lowest BCUT2D eigenvalue weighted by molar-refractivity contribution is 0.502. The van der Waals surface area contributed by atoms with E-state index in [2.05, 4.69) is 0 Å². The van der Waals surface area contributed by atoms with Gasteiger partial charge in [-0.15, -0.1) is 0 Å². The highest BCUT2D eigenvalue weighted by Crippen LogP contribution is 2.31. The summed E-state index contributed by atoms with van der Waals surface area (Å²) in [7, 11) is -3.49. The number of hydrogen-bond donors (Lipinski definition) is 2. The molecule has 1 unspecified atom stereocenters. The number of benzene rings is 1. The first-order chi connectivity index (χ1) is 6.38. The molecule has 0 saturated heterocycles. The Bertz CT molecular complexity index is 399. The smallest absolute Gasteiger partial charge is 0.320 e. The molecule has 14 heavy (non-hydrogen) atoms. The van der Waals surface area contributed by atoms with Crippen LogP contribution in [0.5, 0.6) is 0 Å².